The van der Waals surface area contributed by atoms with Crippen LogP contribution in [0.3, 0.4) is 0 Å². The zero-order valence-corrected chi connectivity index (χ0v) is 25.6. The van der Waals surface area contributed by atoms with Gasteiger partial charge in [0.15, 0.2) is 17.3 Å². The third kappa shape index (κ3) is 4.28. The Balaban J connectivity index is 1.49. The van der Waals surface area contributed by atoms with E-state index in [-0.39, 0.29) is 6.17 Å². The van der Waals surface area contributed by atoms with Crippen LogP contribution < -0.4 is 26.2 Å². The summed E-state index contributed by atoms with van der Waals surface area (Å²) in [5.41, 5.74) is 3.96. The molecule has 3 fully saturated rings. The normalized spacial score (nSPS) is 27.8. The van der Waals surface area contributed by atoms with Crippen molar-refractivity contribution in [1.82, 2.24) is 46.2 Å². The third-order valence-electron chi connectivity index (χ3n) is 9.16. The van der Waals surface area contributed by atoms with Gasteiger partial charge in [-0.3, -0.25) is 30.1 Å². The maximum Gasteiger partial charge on any atom is 0.222 e. The van der Waals surface area contributed by atoms with Crippen LogP contribution in [0.2, 0.25) is 0 Å². The second-order valence-corrected chi connectivity index (χ2v) is 11.9. The number of hydrogen-bond donors (Lipinski definition) is 4. The Morgan fingerprint density at radius 2 is 1.67 bits per heavy atom. The highest BCUT2D eigenvalue weighted by molar-refractivity contribution is 6.09. The fourth-order valence-electron chi connectivity index (χ4n) is 7.45. The molecule has 0 saturated carbocycles. The van der Waals surface area contributed by atoms with Gasteiger partial charge < -0.3 is 16.0 Å². The van der Waals surface area contributed by atoms with Crippen LogP contribution in [0.25, 0.3) is 0 Å². The lowest BCUT2D eigenvalue weighted by Gasteiger charge is -2.55. The molecule has 230 valence electrons. The monoisotopic (exact) mass is 602 g/mol. The molecular formula is C33H38N12. The van der Waals surface area contributed by atoms with Crippen LogP contribution in [0.1, 0.15) is 22.6 Å². The Morgan fingerprint density at radius 3 is 2.44 bits per heavy atom. The smallest absolute Gasteiger partial charge is 0.222 e. The van der Waals surface area contributed by atoms with Crippen molar-refractivity contribution in [3.63, 3.8) is 0 Å². The summed E-state index contributed by atoms with van der Waals surface area (Å²) < 4.78 is 0. The number of fused-ring (bicyclic) bond motifs is 2. The molecule has 1 aromatic heterocycles. The van der Waals surface area contributed by atoms with Crippen molar-refractivity contribution in [3.05, 3.63) is 114 Å². The number of benzene rings is 2. The largest absolute Gasteiger partial charge is 0.368 e. The number of nitrogens with one attached hydrogen (secondary N) is 4. The molecule has 2 aromatic carbocycles. The van der Waals surface area contributed by atoms with E-state index in [0.717, 1.165) is 60.6 Å². The Labute approximate surface area is 263 Å². The van der Waals surface area contributed by atoms with Crippen LogP contribution in [0.5, 0.6) is 0 Å². The standard InChI is InChI=1S/C33H38N12/c1-24-22-38-28(25(2)41-24)33(42-19-17-34-18-20-42)44(27-11-7-4-8-12-27)31-32(40-16-15-37-31,21-26-9-5-3-6-10-26)45(33)43-23-39-29-30(43)36-14-13-35-29/h3-16,22,29,34-35,39-40H,17-21,23H2,1-2H3. The van der Waals surface area contributed by atoms with Gasteiger partial charge in [-0.05, 0) is 31.5 Å². The van der Waals surface area contributed by atoms with Crippen LogP contribution in [0.4, 0.5) is 5.69 Å². The van der Waals surface area contributed by atoms with Crippen molar-refractivity contribution in [2.75, 3.05) is 37.7 Å². The highest BCUT2D eigenvalue weighted by Gasteiger charge is 2.71. The fraction of sp³-hybridized carbons (Fsp3) is 0.333. The quantitative estimate of drug-likeness (QED) is 0.334. The number of aryl methyl sites for hydroxylation is 2. The van der Waals surface area contributed by atoms with Gasteiger partial charge in [0.25, 0.3) is 0 Å². The first-order valence-corrected chi connectivity index (χ1v) is 15.6. The number of piperazine rings is 1. The minimum atomic E-state index is -0.985. The number of nitrogens with zero attached hydrogens (tertiary/aromatic N) is 8. The van der Waals surface area contributed by atoms with E-state index < -0.39 is 11.4 Å². The summed E-state index contributed by atoms with van der Waals surface area (Å²) in [7, 11) is 0. The summed E-state index contributed by atoms with van der Waals surface area (Å²) in [6, 6.07) is 21.2. The Morgan fingerprint density at radius 1 is 0.911 bits per heavy atom. The van der Waals surface area contributed by atoms with E-state index in [9.17, 15) is 0 Å². The van der Waals surface area contributed by atoms with Gasteiger partial charge in [-0.25, -0.2) is 9.98 Å². The molecule has 0 radical (unpaired) electrons. The van der Waals surface area contributed by atoms with Gasteiger partial charge >= 0.3 is 0 Å². The van der Waals surface area contributed by atoms with Crippen LogP contribution >= 0.6 is 0 Å². The number of rotatable bonds is 6. The molecule has 0 aliphatic carbocycles. The number of hydrazine groups is 1. The first-order valence-electron chi connectivity index (χ1n) is 15.6. The van der Waals surface area contributed by atoms with Crippen LogP contribution in [0, 0.1) is 13.8 Å². The molecule has 3 aromatic rings. The molecular weight excluding hydrogens is 564 g/mol. The van der Waals surface area contributed by atoms with Gasteiger partial charge in [0.2, 0.25) is 5.79 Å². The predicted molar refractivity (Wildman–Crippen MR) is 174 cm³/mol. The van der Waals surface area contributed by atoms with Crippen LogP contribution in [-0.2, 0) is 12.2 Å². The lowest BCUT2D eigenvalue weighted by Crippen LogP contribution is -2.74. The topological polar surface area (TPSA) is 112 Å². The molecule has 0 spiro atoms. The predicted octanol–water partition coefficient (Wildman–Crippen LogP) is 1.92. The maximum absolute atomic E-state index is 5.28. The van der Waals surface area contributed by atoms with Crippen molar-refractivity contribution < 1.29 is 0 Å². The van der Waals surface area contributed by atoms with Gasteiger partial charge in [0, 0.05) is 69.3 Å². The molecule has 5 aliphatic heterocycles. The lowest BCUT2D eigenvalue weighted by molar-refractivity contribution is -0.179. The Bertz CT molecular complexity index is 1680. The molecule has 3 saturated heterocycles. The van der Waals surface area contributed by atoms with Gasteiger partial charge in [0.05, 0.1) is 18.1 Å². The Kier molecular flexibility index (Phi) is 6.86. The van der Waals surface area contributed by atoms with Crippen molar-refractivity contribution in [3.8, 4) is 0 Å². The Hall–Kier alpha value is -4.62. The fourth-order valence-corrected chi connectivity index (χ4v) is 7.45. The van der Waals surface area contributed by atoms with Gasteiger partial charge in [-0.15, -0.1) is 5.01 Å². The first-order chi connectivity index (χ1) is 22.1. The second-order valence-electron chi connectivity index (χ2n) is 11.9. The minimum Gasteiger partial charge on any atom is -0.368 e. The zero-order valence-electron chi connectivity index (χ0n) is 25.6. The molecule has 3 unspecified atom stereocenters. The summed E-state index contributed by atoms with van der Waals surface area (Å²) >= 11 is 0. The van der Waals surface area contributed by atoms with E-state index in [1.54, 1.807) is 0 Å². The second kappa shape index (κ2) is 11.1. The van der Waals surface area contributed by atoms with Gasteiger partial charge in [-0.1, -0.05) is 48.5 Å². The van der Waals surface area contributed by atoms with E-state index in [4.69, 9.17) is 20.0 Å². The summed E-state index contributed by atoms with van der Waals surface area (Å²) in [5, 5.41) is 19.3. The molecule has 3 atom stereocenters. The molecule has 8 rings (SSSR count). The van der Waals surface area contributed by atoms with E-state index in [1.165, 1.54) is 5.56 Å². The molecule has 0 amide bonds. The first kappa shape index (κ1) is 27.9. The molecule has 0 bridgehead atoms. The average Bonchev–Trinajstić information content (AvgIpc) is 3.61. The molecule has 4 N–H and O–H groups in total. The SMILES string of the molecule is Cc1cnc(C2(N3CCNCC3)N(c3ccccc3)C3=NC=CNC3(Cc3ccccc3)N2N2CNC3NC=CN=C32)c(C)n1. The summed E-state index contributed by atoms with van der Waals surface area (Å²) in [4.78, 5) is 25.5. The zero-order chi connectivity index (χ0) is 30.4. The van der Waals surface area contributed by atoms with Crippen molar-refractivity contribution in [1.29, 1.82) is 0 Å². The summed E-state index contributed by atoms with van der Waals surface area (Å²) in [6.07, 6.45) is 9.92. The summed E-state index contributed by atoms with van der Waals surface area (Å²) in [6.45, 7) is 7.85. The number of hydrogen-bond acceptors (Lipinski definition) is 12. The van der Waals surface area contributed by atoms with Crippen LogP contribution in [0.15, 0.2) is 102 Å². The van der Waals surface area contributed by atoms with Crippen molar-refractivity contribution in [2.45, 2.75) is 37.9 Å². The molecule has 5 aliphatic rings. The van der Waals surface area contributed by atoms with Gasteiger partial charge in [0.1, 0.15) is 11.9 Å². The minimum absolute atomic E-state index is 0.139. The third-order valence-corrected chi connectivity index (χ3v) is 9.16. The summed E-state index contributed by atoms with van der Waals surface area (Å²) in [5.74, 6) is 0.776. The molecule has 12 heteroatoms. The van der Waals surface area contributed by atoms with Crippen LogP contribution in [-0.4, -0.2) is 81.2 Å². The number of aromatic nitrogens is 2. The number of anilines is 1. The van der Waals surface area contributed by atoms with Crippen molar-refractivity contribution >= 4 is 17.4 Å². The molecule has 6 heterocycles. The van der Waals surface area contributed by atoms with E-state index in [1.807, 2.05) is 37.9 Å². The average molecular weight is 603 g/mol. The number of amidine groups is 2. The van der Waals surface area contributed by atoms with Gasteiger partial charge in [-0.2, -0.15) is 0 Å². The lowest BCUT2D eigenvalue weighted by atomic mass is 9.97. The van der Waals surface area contributed by atoms with Crippen molar-refractivity contribution in [2.24, 2.45) is 9.98 Å². The molecule has 45 heavy (non-hydrogen) atoms. The highest BCUT2D eigenvalue weighted by atomic mass is 15.9. The van der Waals surface area contributed by atoms with E-state index in [0.29, 0.717) is 13.1 Å². The molecule has 12 nitrogen and oxygen atoms in total. The van der Waals surface area contributed by atoms with E-state index >= 15 is 0 Å². The number of aliphatic imine (C=N–C) groups is 2. The highest BCUT2D eigenvalue weighted by Crippen LogP contribution is 2.52. The van der Waals surface area contributed by atoms with E-state index in [2.05, 4.69) is 109 Å². The number of para-hydroxylation sites is 1. The maximum atomic E-state index is 5.28.